The van der Waals surface area contributed by atoms with Crippen LogP contribution in [0, 0.1) is 0 Å². The Morgan fingerprint density at radius 2 is 2.00 bits per heavy atom. The SMILES string of the molecule is CCCNC(=O)CN1CCN(C(=O)[C@@H]2CCCN2)CC1. The van der Waals surface area contributed by atoms with Gasteiger partial charge in [0.1, 0.15) is 0 Å². The maximum absolute atomic E-state index is 12.2. The van der Waals surface area contributed by atoms with Crippen LogP contribution in [0.3, 0.4) is 0 Å². The van der Waals surface area contributed by atoms with Crippen LogP contribution in [0.4, 0.5) is 0 Å². The molecule has 0 saturated carbocycles. The van der Waals surface area contributed by atoms with Gasteiger partial charge in [-0.15, -0.1) is 0 Å². The molecule has 6 heteroatoms. The van der Waals surface area contributed by atoms with Gasteiger partial charge in [-0.1, -0.05) is 6.92 Å². The zero-order chi connectivity index (χ0) is 14.4. The predicted octanol–water partition coefficient (Wildman–Crippen LogP) is -0.591. The molecule has 0 aromatic carbocycles. The third-order valence-electron chi connectivity index (χ3n) is 3.98. The van der Waals surface area contributed by atoms with Crippen molar-refractivity contribution in [1.82, 2.24) is 20.4 Å². The van der Waals surface area contributed by atoms with E-state index < -0.39 is 0 Å². The molecule has 0 aromatic rings. The van der Waals surface area contributed by atoms with Crippen molar-refractivity contribution in [3.63, 3.8) is 0 Å². The Labute approximate surface area is 120 Å². The smallest absolute Gasteiger partial charge is 0.239 e. The van der Waals surface area contributed by atoms with E-state index >= 15 is 0 Å². The lowest BCUT2D eigenvalue weighted by atomic mass is 10.2. The molecule has 114 valence electrons. The fourth-order valence-electron chi connectivity index (χ4n) is 2.77. The van der Waals surface area contributed by atoms with Crippen molar-refractivity contribution in [2.24, 2.45) is 0 Å². The van der Waals surface area contributed by atoms with Crippen LogP contribution in [0.15, 0.2) is 0 Å². The summed E-state index contributed by atoms with van der Waals surface area (Å²) in [7, 11) is 0. The molecule has 6 nitrogen and oxygen atoms in total. The van der Waals surface area contributed by atoms with E-state index in [-0.39, 0.29) is 17.9 Å². The van der Waals surface area contributed by atoms with Crippen LogP contribution >= 0.6 is 0 Å². The molecule has 0 bridgehead atoms. The highest BCUT2D eigenvalue weighted by molar-refractivity contribution is 5.82. The monoisotopic (exact) mass is 282 g/mol. The summed E-state index contributed by atoms with van der Waals surface area (Å²) in [5, 5.41) is 6.14. The number of carbonyl (C=O) groups is 2. The minimum absolute atomic E-state index is 0.0226. The summed E-state index contributed by atoms with van der Waals surface area (Å²) < 4.78 is 0. The Balaban J connectivity index is 1.69. The zero-order valence-corrected chi connectivity index (χ0v) is 12.4. The molecule has 2 aliphatic rings. The lowest BCUT2D eigenvalue weighted by Crippen LogP contribution is -2.54. The van der Waals surface area contributed by atoms with Crippen molar-refractivity contribution < 1.29 is 9.59 Å². The topological polar surface area (TPSA) is 64.7 Å². The van der Waals surface area contributed by atoms with E-state index in [9.17, 15) is 9.59 Å². The fraction of sp³-hybridized carbons (Fsp3) is 0.857. The number of hydrogen-bond acceptors (Lipinski definition) is 4. The quantitative estimate of drug-likeness (QED) is 0.707. The van der Waals surface area contributed by atoms with Gasteiger partial charge < -0.3 is 15.5 Å². The molecule has 2 amide bonds. The largest absolute Gasteiger partial charge is 0.355 e. The number of amides is 2. The van der Waals surface area contributed by atoms with Crippen LogP contribution in [0.2, 0.25) is 0 Å². The molecule has 20 heavy (non-hydrogen) atoms. The number of rotatable bonds is 5. The Morgan fingerprint density at radius 1 is 1.25 bits per heavy atom. The predicted molar refractivity (Wildman–Crippen MR) is 77.3 cm³/mol. The van der Waals surface area contributed by atoms with E-state index in [1.165, 1.54) is 0 Å². The number of nitrogens with one attached hydrogen (secondary N) is 2. The van der Waals surface area contributed by atoms with Crippen molar-refractivity contribution in [2.75, 3.05) is 45.8 Å². The standard InChI is InChI=1S/C14H26N4O2/c1-2-5-16-13(19)11-17-7-9-18(10-8-17)14(20)12-4-3-6-15-12/h12,15H,2-11H2,1H3,(H,16,19)/t12-/m0/s1. The molecule has 2 saturated heterocycles. The fourth-order valence-corrected chi connectivity index (χ4v) is 2.77. The van der Waals surface area contributed by atoms with Gasteiger partial charge in [-0.3, -0.25) is 14.5 Å². The summed E-state index contributed by atoms with van der Waals surface area (Å²) in [6.07, 6.45) is 3.01. The van der Waals surface area contributed by atoms with Gasteiger partial charge in [0.15, 0.2) is 0 Å². The second kappa shape index (κ2) is 7.59. The van der Waals surface area contributed by atoms with Crippen molar-refractivity contribution >= 4 is 11.8 Å². The maximum atomic E-state index is 12.2. The Morgan fingerprint density at radius 3 is 2.60 bits per heavy atom. The van der Waals surface area contributed by atoms with Gasteiger partial charge in [0.2, 0.25) is 11.8 Å². The average Bonchev–Trinajstić information content (AvgIpc) is 2.99. The highest BCUT2D eigenvalue weighted by Crippen LogP contribution is 2.10. The molecule has 0 aliphatic carbocycles. The van der Waals surface area contributed by atoms with Gasteiger partial charge in [0, 0.05) is 32.7 Å². The first-order valence-corrected chi connectivity index (χ1v) is 7.72. The molecular formula is C14H26N4O2. The van der Waals surface area contributed by atoms with E-state index in [4.69, 9.17) is 0 Å². The van der Waals surface area contributed by atoms with Crippen molar-refractivity contribution in [1.29, 1.82) is 0 Å². The molecule has 0 radical (unpaired) electrons. The molecule has 0 spiro atoms. The Bertz CT molecular complexity index is 334. The second-order valence-corrected chi connectivity index (χ2v) is 5.60. The first kappa shape index (κ1) is 15.3. The van der Waals surface area contributed by atoms with E-state index in [2.05, 4.69) is 15.5 Å². The maximum Gasteiger partial charge on any atom is 0.239 e. The van der Waals surface area contributed by atoms with Gasteiger partial charge >= 0.3 is 0 Å². The number of nitrogens with zero attached hydrogens (tertiary/aromatic N) is 2. The lowest BCUT2D eigenvalue weighted by Gasteiger charge is -2.35. The van der Waals surface area contributed by atoms with E-state index in [1.54, 1.807) is 0 Å². The second-order valence-electron chi connectivity index (χ2n) is 5.60. The van der Waals surface area contributed by atoms with Crippen molar-refractivity contribution in [3.05, 3.63) is 0 Å². The van der Waals surface area contributed by atoms with Gasteiger partial charge in [-0.2, -0.15) is 0 Å². The van der Waals surface area contributed by atoms with Crippen LogP contribution in [-0.2, 0) is 9.59 Å². The summed E-state index contributed by atoms with van der Waals surface area (Å²) in [6, 6.07) is 0.0226. The van der Waals surface area contributed by atoms with Gasteiger partial charge in [0.25, 0.3) is 0 Å². The van der Waals surface area contributed by atoms with Gasteiger partial charge in [-0.05, 0) is 25.8 Å². The van der Waals surface area contributed by atoms with E-state index in [0.29, 0.717) is 6.54 Å². The summed E-state index contributed by atoms with van der Waals surface area (Å²) in [6.45, 7) is 7.23. The summed E-state index contributed by atoms with van der Waals surface area (Å²) >= 11 is 0. The third kappa shape index (κ3) is 4.18. The summed E-state index contributed by atoms with van der Waals surface area (Å²) in [5.74, 6) is 0.321. The molecule has 0 aromatic heterocycles. The third-order valence-corrected chi connectivity index (χ3v) is 3.98. The average molecular weight is 282 g/mol. The van der Waals surface area contributed by atoms with Crippen LogP contribution < -0.4 is 10.6 Å². The molecule has 2 fully saturated rings. The number of hydrogen-bond donors (Lipinski definition) is 2. The van der Waals surface area contributed by atoms with E-state index in [0.717, 1.165) is 58.5 Å². The van der Waals surface area contributed by atoms with Crippen molar-refractivity contribution in [2.45, 2.75) is 32.2 Å². The molecule has 2 aliphatic heterocycles. The Kier molecular flexibility index (Phi) is 5.79. The minimum atomic E-state index is 0.0226. The molecule has 0 unspecified atom stereocenters. The van der Waals surface area contributed by atoms with E-state index in [1.807, 2.05) is 11.8 Å². The van der Waals surface area contributed by atoms with Crippen LogP contribution in [-0.4, -0.2) is 73.5 Å². The molecular weight excluding hydrogens is 256 g/mol. The number of piperazine rings is 1. The summed E-state index contributed by atoms with van der Waals surface area (Å²) in [4.78, 5) is 27.9. The molecule has 2 heterocycles. The highest BCUT2D eigenvalue weighted by atomic mass is 16.2. The first-order chi connectivity index (χ1) is 9.70. The normalized spacial score (nSPS) is 23.9. The molecule has 2 rings (SSSR count). The minimum Gasteiger partial charge on any atom is -0.355 e. The van der Waals surface area contributed by atoms with Gasteiger partial charge in [-0.25, -0.2) is 0 Å². The van der Waals surface area contributed by atoms with Crippen LogP contribution in [0.25, 0.3) is 0 Å². The highest BCUT2D eigenvalue weighted by Gasteiger charge is 2.29. The van der Waals surface area contributed by atoms with Gasteiger partial charge in [0.05, 0.1) is 12.6 Å². The molecule has 2 N–H and O–H groups in total. The molecule has 1 atom stereocenters. The van der Waals surface area contributed by atoms with Crippen LogP contribution in [0.5, 0.6) is 0 Å². The zero-order valence-electron chi connectivity index (χ0n) is 12.4. The lowest BCUT2D eigenvalue weighted by molar-refractivity contribution is -0.135. The summed E-state index contributed by atoms with van der Waals surface area (Å²) in [5.41, 5.74) is 0. The number of carbonyl (C=O) groups excluding carboxylic acids is 2. The first-order valence-electron chi connectivity index (χ1n) is 7.72. The Hall–Kier alpha value is -1.14. The van der Waals surface area contributed by atoms with Crippen molar-refractivity contribution in [3.8, 4) is 0 Å². The van der Waals surface area contributed by atoms with Crippen LogP contribution in [0.1, 0.15) is 26.2 Å².